The number of nitrogens with one attached hydrogen (secondary N) is 1. The molecule has 3 rings (SSSR count). The summed E-state index contributed by atoms with van der Waals surface area (Å²) in [5.41, 5.74) is 2.51. The molecule has 0 aliphatic rings. The molecule has 0 spiro atoms. The number of carbonyl (C=O) groups is 3. The first-order valence-electron chi connectivity index (χ1n) is 24.6. The van der Waals surface area contributed by atoms with Gasteiger partial charge in [-0.2, -0.15) is 0 Å². The highest BCUT2D eigenvalue weighted by Crippen LogP contribution is 2.28. The fourth-order valence-electron chi connectivity index (χ4n) is 6.45. The summed E-state index contributed by atoms with van der Waals surface area (Å²) >= 11 is 0. The van der Waals surface area contributed by atoms with Crippen LogP contribution in [0.5, 0.6) is 34.5 Å². The number of aromatic hydroxyl groups is 3. The molecule has 0 aliphatic heterocycles. The fraction of sp³-hybridized carbons (Fsp3) is 0.554. The molecular weight excluding hydrogens is 863 g/mol. The molecule has 380 valence electrons. The predicted molar refractivity (Wildman–Crippen MR) is 272 cm³/mol. The molecule has 0 saturated heterocycles. The van der Waals surface area contributed by atoms with Crippen LogP contribution in [0.2, 0.25) is 0 Å². The molecule has 0 aliphatic carbocycles. The summed E-state index contributed by atoms with van der Waals surface area (Å²) in [6, 6.07) is 14.9. The molecular formula is C56H85NO11. The second-order valence-electron chi connectivity index (χ2n) is 17.6. The lowest BCUT2D eigenvalue weighted by Crippen LogP contribution is -2.22. The van der Waals surface area contributed by atoms with Gasteiger partial charge in [-0.05, 0) is 116 Å². The molecule has 4 N–H and O–H groups in total. The lowest BCUT2D eigenvalue weighted by Gasteiger charge is -2.08. The predicted octanol–water partition coefficient (Wildman–Crippen LogP) is 13.2. The van der Waals surface area contributed by atoms with Crippen LogP contribution < -0.4 is 19.5 Å². The van der Waals surface area contributed by atoms with Gasteiger partial charge in [-0.15, -0.1) is 0 Å². The Morgan fingerprint density at radius 3 is 1.47 bits per heavy atom. The summed E-state index contributed by atoms with van der Waals surface area (Å²) in [6.07, 6.45) is 24.1. The number of phenols is 3. The van der Waals surface area contributed by atoms with E-state index in [1.807, 2.05) is 0 Å². The highest BCUT2D eigenvalue weighted by atomic mass is 16.5. The van der Waals surface area contributed by atoms with Gasteiger partial charge in [-0.1, -0.05) is 123 Å². The summed E-state index contributed by atoms with van der Waals surface area (Å²) in [7, 11) is 4.48. The zero-order valence-electron chi connectivity index (χ0n) is 42.8. The Kier molecular flexibility index (Phi) is 33.2. The van der Waals surface area contributed by atoms with Gasteiger partial charge < -0.3 is 44.3 Å². The molecule has 12 heteroatoms. The number of unbranched alkanes of at least 4 members (excludes halogenated alkanes) is 7. The molecule has 3 aromatic rings. The van der Waals surface area contributed by atoms with E-state index in [2.05, 4.69) is 71.2 Å². The maximum Gasteiger partial charge on any atom is 0.306 e. The third-order valence-corrected chi connectivity index (χ3v) is 11.2. The molecule has 68 heavy (non-hydrogen) atoms. The second kappa shape index (κ2) is 37.3. The lowest BCUT2D eigenvalue weighted by atomic mass is 10.0. The van der Waals surface area contributed by atoms with Gasteiger partial charge in [0.25, 0.3) is 0 Å². The van der Waals surface area contributed by atoms with Crippen molar-refractivity contribution in [1.82, 2.24) is 5.32 Å². The van der Waals surface area contributed by atoms with Crippen LogP contribution in [-0.4, -0.2) is 54.5 Å². The van der Waals surface area contributed by atoms with Crippen LogP contribution >= 0.6 is 0 Å². The smallest absolute Gasteiger partial charge is 0.306 e. The Morgan fingerprint density at radius 2 is 1.00 bits per heavy atom. The summed E-state index contributed by atoms with van der Waals surface area (Å²) in [5.74, 6) is 3.17. The van der Waals surface area contributed by atoms with E-state index in [1.54, 1.807) is 48.5 Å². The minimum atomic E-state index is -0.192. The number of esters is 2. The number of ether oxygens (including phenoxy) is 5. The number of phenolic OH excluding ortho intramolecular Hbond substituents is 3. The van der Waals surface area contributed by atoms with Crippen molar-refractivity contribution in [2.75, 3.05) is 21.3 Å². The topological polar surface area (TPSA) is 170 Å². The van der Waals surface area contributed by atoms with Crippen molar-refractivity contribution in [1.29, 1.82) is 0 Å². The van der Waals surface area contributed by atoms with Gasteiger partial charge in [0.05, 0.1) is 21.3 Å². The van der Waals surface area contributed by atoms with E-state index in [1.165, 1.54) is 53.1 Å². The number of amides is 1. The number of hydrogen-bond acceptors (Lipinski definition) is 11. The largest absolute Gasteiger partial charge is 0.504 e. The van der Waals surface area contributed by atoms with Gasteiger partial charge in [0.1, 0.15) is 13.2 Å². The summed E-state index contributed by atoms with van der Waals surface area (Å²) in [6.45, 7) is 14.1. The molecule has 3 aromatic carbocycles. The van der Waals surface area contributed by atoms with E-state index in [4.69, 9.17) is 23.7 Å². The third-order valence-electron chi connectivity index (χ3n) is 11.2. The molecule has 0 saturated carbocycles. The summed E-state index contributed by atoms with van der Waals surface area (Å²) in [5, 5.41) is 31.4. The van der Waals surface area contributed by atoms with Crippen molar-refractivity contribution in [3.8, 4) is 34.5 Å². The van der Waals surface area contributed by atoms with Gasteiger partial charge in [0.15, 0.2) is 34.5 Å². The quantitative estimate of drug-likeness (QED) is 0.0285. The first kappa shape index (κ1) is 60.4. The number of rotatable bonds is 30. The maximum absolute atomic E-state index is 11.8. The summed E-state index contributed by atoms with van der Waals surface area (Å²) in [4.78, 5) is 35.2. The Bertz CT molecular complexity index is 1910. The van der Waals surface area contributed by atoms with Crippen LogP contribution in [0.15, 0.2) is 78.9 Å². The van der Waals surface area contributed by atoms with E-state index in [0.717, 1.165) is 80.4 Å². The zero-order chi connectivity index (χ0) is 50.5. The molecule has 0 radical (unpaired) electrons. The first-order valence-corrected chi connectivity index (χ1v) is 24.6. The molecule has 0 heterocycles. The normalized spacial score (nSPS) is 11.8. The fourth-order valence-corrected chi connectivity index (χ4v) is 6.45. The molecule has 2 atom stereocenters. The van der Waals surface area contributed by atoms with E-state index in [0.29, 0.717) is 54.9 Å². The molecule has 0 aromatic heterocycles. The van der Waals surface area contributed by atoms with Crippen molar-refractivity contribution < 1.29 is 53.4 Å². The van der Waals surface area contributed by atoms with Crippen LogP contribution in [0.25, 0.3) is 0 Å². The standard InChI is InChI=1S/C19H30O4.C19H28O4.C18H27NO3/c2*1-4-15(2)9-7-5-6-8-10-19(21)23-14-16-11-12-17(20)18(13-16)22-3;1-14(2)8-6-4-5-7-9-18(21)19-13-15-10-11-16(20)17(12-15)22-3/h11-13,15,20H,4-10,14H2,1-3H3;7,9,11-13,15,20H,4-6,8,10,14H2,1-3H3;6,8,10-12,14,20H,4-5,7,9,13H2,1-3H3,(H,19,21)/b;9-7+;8-6+. The van der Waals surface area contributed by atoms with Crippen molar-refractivity contribution in [2.24, 2.45) is 17.8 Å². The number of hydrogen-bond donors (Lipinski definition) is 4. The van der Waals surface area contributed by atoms with Crippen molar-refractivity contribution in [3.05, 3.63) is 95.6 Å². The van der Waals surface area contributed by atoms with Crippen LogP contribution in [0.1, 0.15) is 161 Å². The molecule has 1 amide bonds. The van der Waals surface area contributed by atoms with E-state index in [-0.39, 0.29) is 48.3 Å². The van der Waals surface area contributed by atoms with E-state index >= 15 is 0 Å². The van der Waals surface area contributed by atoms with Crippen LogP contribution in [0.3, 0.4) is 0 Å². The van der Waals surface area contributed by atoms with Gasteiger partial charge >= 0.3 is 11.9 Å². The Balaban J connectivity index is 0.000000510. The Morgan fingerprint density at radius 1 is 0.559 bits per heavy atom. The highest BCUT2D eigenvalue weighted by Gasteiger charge is 2.09. The number of carbonyl (C=O) groups excluding carboxylic acids is 3. The second-order valence-corrected chi connectivity index (χ2v) is 17.6. The van der Waals surface area contributed by atoms with Gasteiger partial charge in [0.2, 0.25) is 5.91 Å². The lowest BCUT2D eigenvalue weighted by molar-refractivity contribution is -0.146. The van der Waals surface area contributed by atoms with Gasteiger partial charge in [-0.3, -0.25) is 14.4 Å². The maximum atomic E-state index is 11.8. The minimum absolute atomic E-state index is 0.0554. The Hall–Kier alpha value is -5.65. The summed E-state index contributed by atoms with van der Waals surface area (Å²) < 4.78 is 25.6. The first-order chi connectivity index (χ1) is 32.6. The van der Waals surface area contributed by atoms with Crippen LogP contribution in [-0.2, 0) is 43.6 Å². The van der Waals surface area contributed by atoms with Crippen molar-refractivity contribution in [3.63, 3.8) is 0 Å². The van der Waals surface area contributed by atoms with Crippen LogP contribution in [0.4, 0.5) is 0 Å². The van der Waals surface area contributed by atoms with Crippen molar-refractivity contribution in [2.45, 2.75) is 164 Å². The van der Waals surface area contributed by atoms with Crippen molar-refractivity contribution >= 4 is 17.8 Å². The highest BCUT2D eigenvalue weighted by molar-refractivity contribution is 5.75. The minimum Gasteiger partial charge on any atom is -0.504 e. The van der Waals surface area contributed by atoms with E-state index < -0.39 is 0 Å². The van der Waals surface area contributed by atoms with Gasteiger partial charge in [-0.25, -0.2) is 0 Å². The number of methoxy groups -OCH3 is 3. The van der Waals surface area contributed by atoms with Gasteiger partial charge in [0, 0.05) is 25.8 Å². The molecule has 12 nitrogen and oxygen atoms in total. The monoisotopic (exact) mass is 948 g/mol. The Labute approximate surface area is 408 Å². The average Bonchev–Trinajstić information content (AvgIpc) is 3.33. The number of benzene rings is 3. The zero-order valence-corrected chi connectivity index (χ0v) is 42.8. The molecule has 0 fully saturated rings. The molecule has 0 bridgehead atoms. The third kappa shape index (κ3) is 29.2. The average molecular weight is 948 g/mol. The SMILES string of the molecule is CCC(C)/C=C/CCCCC(=O)OCc1ccc(O)c(OC)c1.CCC(C)CCCCCCC(=O)OCc1ccc(O)c(OC)c1.COc1cc(CNC(=O)CCCC/C=C/C(C)C)ccc1O. The van der Waals surface area contributed by atoms with Crippen LogP contribution in [0, 0.1) is 17.8 Å². The molecule has 2 unspecified atom stereocenters. The number of allylic oxidation sites excluding steroid dienone is 4. The van der Waals surface area contributed by atoms with E-state index in [9.17, 15) is 29.7 Å².